The van der Waals surface area contributed by atoms with Crippen molar-refractivity contribution in [2.45, 2.75) is 6.04 Å². The van der Waals surface area contributed by atoms with E-state index in [2.05, 4.69) is 24.9 Å². The maximum absolute atomic E-state index is 5.36. The molecule has 0 aliphatic carbocycles. The summed E-state index contributed by atoms with van der Waals surface area (Å²) in [5.41, 5.74) is 2.04. The van der Waals surface area contributed by atoms with Crippen LogP contribution in [-0.4, -0.2) is 62.3 Å². The van der Waals surface area contributed by atoms with E-state index < -0.39 is 0 Å². The third-order valence-corrected chi connectivity index (χ3v) is 4.58. The number of hydrogen-bond acceptors (Lipinski definition) is 5. The molecule has 2 bridgehead atoms. The van der Waals surface area contributed by atoms with Crippen molar-refractivity contribution in [2.75, 3.05) is 32.7 Å². The zero-order valence-corrected chi connectivity index (χ0v) is 12.8. The zero-order chi connectivity index (χ0) is 14.4. The molecule has 0 radical (unpaired) electrons. The van der Waals surface area contributed by atoms with Crippen LogP contribution in [0.25, 0.3) is 11.3 Å². The SMILES string of the molecule is Cn1cc(-c2cc(=S)nc(C3CN4CCN3CC4)[nH]2)cn1. The van der Waals surface area contributed by atoms with Gasteiger partial charge in [-0.2, -0.15) is 5.10 Å². The molecule has 2 aromatic rings. The number of nitrogens with zero attached hydrogens (tertiary/aromatic N) is 5. The molecule has 5 heterocycles. The van der Waals surface area contributed by atoms with Gasteiger partial charge in [0, 0.05) is 51.5 Å². The fraction of sp³-hybridized carbons (Fsp3) is 0.500. The average Bonchev–Trinajstić information content (AvgIpc) is 2.94. The molecule has 3 aliphatic heterocycles. The number of fused-ring (bicyclic) bond motifs is 3. The molecule has 2 aromatic heterocycles. The van der Waals surface area contributed by atoms with Crippen molar-refractivity contribution < 1.29 is 0 Å². The number of piperazine rings is 3. The summed E-state index contributed by atoms with van der Waals surface area (Å²) in [4.78, 5) is 13.0. The molecule has 5 rings (SSSR count). The maximum Gasteiger partial charge on any atom is 0.130 e. The van der Waals surface area contributed by atoms with Crippen LogP contribution < -0.4 is 0 Å². The normalized spacial score (nSPS) is 28.0. The first-order chi connectivity index (χ1) is 10.2. The monoisotopic (exact) mass is 302 g/mol. The van der Waals surface area contributed by atoms with Crippen LogP contribution in [0.3, 0.4) is 0 Å². The van der Waals surface area contributed by atoms with Gasteiger partial charge in [-0.25, -0.2) is 4.98 Å². The highest BCUT2D eigenvalue weighted by molar-refractivity contribution is 7.71. The minimum atomic E-state index is 0.325. The second kappa shape index (κ2) is 5.01. The molecule has 21 heavy (non-hydrogen) atoms. The van der Waals surface area contributed by atoms with E-state index in [9.17, 15) is 0 Å². The van der Waals surface area contributed by atoms with Crippen molar-refractivity contribution in [2.24, 2.45) is 7.05 Å². The Balaban J connectivity index is 1.73. The van der Waals surface area contributed by atoms with E-state index in [1.165, 1.54) is 13.1 Å². The van der Waals surface area contributed by atoms with Crippen LogP contribution in [0.2, 0.25) is 0 Å². The molecule has 0 saturated carbocycles. The second-order valence-corrected chi connectivity index (χ2v) is 6.19. The predicted octanol–water partition coefficient (Wildman–Crippen LogP) is 1.21. The van der Waals surface area contributed by atoms with Crippen molar-refractivity contribution in [1.29, 1.82) is 0 Å². The summed E-state index contributed by atoms with van der Waals surface area (Å²) in [6.45, 7) is 5.60. The minimum absolute atomic E-state index is 0.325. The molecule has 110 valence electrons. The van der Waals surface area contributed by atoms with E-state index in [0.717, 1.165) is 36.7 Å². The number of rotatable bonds is 2. The highest BCUT2D eigenvalue weighted by Crippen LogP contribution is 2.28. The van der Waals surface area contributed by atoms with Crippen molar-refractivity contribution in [3.63, 3.8) is 0 Å². The zero-order valence-electron chi connectivity index (χ0n) is 12.0. The average molecular weight is 302 g/mol. The first kappa shape index (κ1) is 13.1. The molecule has 3 fully saturated rings. The molecule has 0 amide bonds. The van der Waals surface area contributed by atoms with Crippen molar-refractivity contribution in [3.05, 3.63) is 28.9 Å². The third kappa shape index (κ3) is 2.41. The van der Waals surface area contributed by atoms with Crippen LogP contribution >= 0.6 is 12.2 Å². The predicted molar refractivity (Wildman–Crippen MR) is 82.4 cm³/mol. The molecule has 0 spiro atoms. The number of hydrogen-bond donors (Lipinski definition) is 1. The second-order valence-electron chi connectivity index (χ2n) is 5.77. The van der Waals surface area contributed by atoms with Crippen LogP contribution in [0, 0.1) is 4.64 Å². The van der Waals surface area contributed by atoms with Crippen LogP contribution in [-0.2, 0) is 7.05 Å². The number of nitrogens with one attached hydrogen (secondary N) is 1. The first-order valence-corrected chi connectivity index (χ1v) is 7.66. The van der Waals surface area contributed by atoms with Crippen LogP contribution in [0.1, 0.15) is 11.9 Å². The summed E-state index contributed by atoms with van der Waals surface area (Å²) in [6.07, 6.45) is 3.84. The van der Waals surface area contributed by atoms with Gasteiger partial charge in [0.15, 0.2) is 0 Å². The molecular formula is C14H18N6S. The Labute approximate surface area is 128 Å². The molecule has 3 aliphatic rings. The van der Waals surface area contributed by atoms with Gasteiger partial charge in [0.2, 0.25) is 0 Å². The molecule has 7 heteroatoms. The van der Waals surface area contributed by atoms with Gasteiger partial charge in [0.05, 0.1) is 17.9 Å². The number of aromatic amines is 1. The molecule has 1 N–H and O–H groups in total. The Hall–Kier alpha value is -1.57. The van der Waals surface area contributed by atoms with Crippen LogP contribution in [0.15, 0.2) is 18.5 Å². The Morgan fingerprint density at radius 2 is 2.10 bits per heavy atom. The number of aromatic nitrogens is 4. The van der Waals surface area contributed by atoms with E-state index in [1.54, 1.807) is 4.68 Å². The van der Waals surface area contributed by atoms with Crippen molar-refractivity contribution in [1.82, 2.24) is 29.5 Å². The standard InChI is InChI=1S/C14H18N6S/c1-18-8-10(7-15-18)11-6-13(21)17-14(16-11)12-9-19-2-4-20(12)5-3-19/h6-8,12H,2-5,9H2,1H3,(H,16,17,21). The van der Waals surface area contributed by atoms with E-state index in [1.807, 2.05) is 25.5 Å². The Bertz CT molecular complexity index is 712. The summed E-state index contributed by atoms with van der Waals surface area (Å²) in [6, 6.07) is 2.23. The lowest BCUT2D eigenvalue weighted by molar-refractivity contribution is 0.00865. The summed E-state index contributed by atoms with van der Waals surface area (Å²) >= 11 is 5.36. The van der Waals surface area contributed by atoms with Crippen molar-refractivity contribution >= 4 is 12.2 Å². The summed E-state index contributed by atoms with van der Waals surface area (Å²) in [5, 5.41) is 4.23. The first-order valence-electron chi connectivity index (χ1n) is 7.26. The maximum atomic E-state index is 5.36. The van der Waals surface area contributed by atoms with E-state index in [-0.39, 0.29) is 0 Å². The van der Waals surface area contributed by atoms with Gasteiger partial charge in [-0.05, 0) is 6.07 Å². The lowest BCUT2D eigenvalue weighted by Crippen LogP contribution is -2.57. The van der Waals surface area contributed by atoms with Gasteiger partial charge in [0.25, 0.3) is 0 Å². The summed E-state index contributed by atoms with van der Waals surface area (Å²) in [5.74, 6) is 0.978. The Morgan fingerprint density at radius 1 is 1.29 bits per heavy atom. The number of aryl methyl sites for hydroxylation is 1. The largest absolute Gasteiger partial charge is 0.342 e. The fourth-order valence-electron chi connectivity index (χ4n) is 3.23. The molecular weight excluding hydrogens is 284 g/mol. The topological polar surface area (TPSA) is 53.0 Å². The molecule has 0 aromatic carbocycles. The molecule has 1 unspecified atom stereocenters. The summed E-state index contributed by atoms with van der Waals surface area (Å²) < 4.78 is 2.43. The van der Waals surface area contributed by atoms with Gasteiger partial charge in [-0.3, -0.25) is 14.5 Å². The third-order valence-electron chi connectivity index (χ3n) is 4.37. The quantitative estimate of drug-likeness (QED) is 0.845. The minimum Gasteiger partial charge on any atom is -0.342 e. The Kier molecular flexibility index (Phi) is 3.13. The van der Waals surface area contributed by atoms with Gasteiger partial charge in [-0.1, -0.05) is 12.2 Å². The van der Waals surface area contributed by atoms with E-state index in [4.69, 9.17) is 12.2 Å². The van der Waals surface area contributed by atoms with Gasteiger partial charge >= 0.3 is 0 Å². The van der Waals surface area contributed by atoms with Crippen LogP contribution in [0.5, 0.6) is 0 Å². The molecule has 6 nitrogen and oxygen atoms in total. The molecule has 3 saturated heterocycles. The number of H-pyrrole nitrogens is 1. The van der Waals surface area contributed by atoms with Gasteiger partial charge < -0.3 is 4.98 Å². The highest BCUT2D eigenvalue weighted by Gasteiger charge is 2.34. The van der Waals surface area contributed by atoms with Crippen LogP contribution in [0.4, 0.5) is 0 Å². The lowest BCUT2D eigenvalue weighted by Gasteiger charge is -2.46. The molecule has 1 atom stereocenters. The smallest absolute Gasteiger partial charge is 0.130 e. The highest BCUT2D eigenvalue weighted by atomic mass is 32.1. The Morgan fingerprint density at radius 3 is 2.71 bits per heavy atom. The van der Waals surface area contributed by atoms with E-state index >= 15 is 0 Å². The summed E-state index contributed by atoms with van der Waals surface area (Å²) in [7, 11) is 1.92. The van der Waals surface area contributed by atoms with E-state index in [0.29, 0.717) is 10.7 Å². The van der Waals surface area contributed by atoms with Crippen molar-refractivity contribution in [3.8, 4) is 11.3 Å². The fourth-order valence-corrected chi connectivity index (χ4v) is 3.44. The van der Waals surface area contributed by atoms with Gasteiger partial charge in [0.1, 0.15) is 10.5 Å². The van der Waals surface area contributed by atoms with Gasteiger partial charge in [-0.15, -0.1) is 0 Å². The lowest BCUT2D eigenvalue weighted by atomic mass is 10.1.